The Morgan fingerprint density at radius 3 is 2.67 bits per heavy atom. The van der Waals surface area contributed by atoms with Gasteiger partial charge in [0, 0.05) is 11.4 Å². The van der Waals surface area contributed by atoms with Gasteiger partial charge in [-0.1, -0.05) is 24.3 Å². The molecule has 3 N–H and O–H groups in total. The molecule has 4 rings (SSSR count). The number of carbonyl (C=O) groups excluding carboxylic acids is 3. The van der Waals surface area contributed by atoms with E-state index in [0.717, 1.165) is 47.3 Å². The quantitative estimate of drug-likeness (QED) is 0.713. The molecule has 0 bridgehead atoms. The Kier molecular flexibility index (Phi) is 5.87. The number of benzene rings is 1. The maximum Gasteiger partial charge on any atom is 0.341 e. The van der Waals surface area contributed by atoms with E-state index >= 15 is 0 Å². The number of aryl methyl sites for hydroxylation is 1. The monoisotopic (exact) mass is 427 g/mol. The molecular weight excluding hydrogens is 402 g/mol. The predicted molar refractivity (Wildman–Crippen MR) is 114 cm³/mol. The smallest absolute Gasteiger partial charge is 0.341 e. The fourth-order valence-corrected chi connectivity index (χ4v) is 5.64. The Hall–Kier alpha value is -2.71. The van der Waals surface area contributed by atoms with E-state index in [2.05, 4.69) is 5.32 Å². The zero-order valence-electron chi connectivity index (χ0n) is 16.9. The van der Waals surface area contributed by atoms with Crippen molar-refractivity contribution >= 4 is 34.1 Å². The summed E-state index contributed by atoms with van der Waals surface area (Å²) in [5.41, 5.74) is 9.26. The van der Waals surface area contributed by atoms with Crippen molar-refractivity contribution in [3.8, 4) is 0 Å². The largest absolute Gasteiger partial charge is 0.465 e. The zero-order chi connectivity index (χ0) is 21.3. The molecule has 2 heterocycles. The van der Waals surface area contributed by atoms with Gasteiger partial charge in [-0.05, 0) is 48.8 Å². The number of hydrogen-bond donors (Lipinski definition) is 2. The lowest BCUT2D eigenvalue weighted by atomic mass is 9.93. The van der Waals surface area contributed by atoms with Crippen molar-refractivity contribution in [2.75, 3.05) is 19.0 Å². The van der Waals surface area contributed by atoms with Crippen LogP contribution in [0.3, 0.4) is 0 Å². The molecule has 0 spiro atoms. The molecule has 1 aromatic carbocycles. The first-order valence-electron chi connectivity index (χ1n) is 10.1. The third-order valence-electron chi connectivity index (χ3n) is 5.83. The number of anilines is 1. The van der Waals surface area contributed by atoms with Crippen LogP contribution in [0.25, 0.3) is 0 Å². The van der Waals surface area contributed by atoms with E-state index in [-0.39, 0.29) is 12.5 Å². The number of fused-ring (bicyclic) bond motifs is 2. The molecule has 0 saturated heterocycles. The molecule has 0 fully saturated rings. The minimum absolute atomic E-state index is 0.0190. The summed E-state index contributed by atoms with van der Waals surface area (Å²) in [5, 5.41) is 3.43. The molecule has 1 atom stereocenters. The minimum atomic E-state index is -0.540. The standard InChI is InChI=1S/C22H25N3O4S/c1-29-22(28)19-15-8-4-5-9-17(15)30-21(19)24-18(26)12-25-11-14-7-3-2-6-13(14)10-16(25)20(23)27/h2-3,6-7,16H,4-5,8-12H2,1H3,(H2,23,27)(H,24,26). The molecule has 1 aliphatic heterocycles. The van der Waals surface area contributed by atoms with Crippen LogP contribution in [0.15, 0.2) is 24.3 Å². The highest BCUT2D eigenvalue weighted by Gasteiger charge is 2.32. The Morgan fingerprint density at radius 2 is 1.93 bits per heavy atom. The first kappa shape index (κ1) is 20.6. The van der Waals surface area contributed by atoms with Gasteiger partial charge in [0.25, 0.3) is 0 Å². The predicted octanol–water partition coefficient (Wildman–Crippen LogP) is 2.26. The first-order valence-corrected chi connectivity index (χ1v) is 10.9. The van der Waals surface area contributed by atoms with Crippen molar-refractivity contribution in [1.82, 2.24) is 4.90 Å². The number of nitrogens with one attached hydrogen (secondary N) is 1. The number of thiophene rings is 1. The molecule has 8 heteroatoms. The molecule has 2 amide bonds. The number of ether oxygens (including phenoxy) is 1. The SMILES string of the molecule is COC(=O)c1c(NC(=O)CN2Cc3ccccc3CC2C(N)=O)sc2c1CCCC2. The van der Waals surface area contributed by atoms with Crippen LogP contribution in [0.1, 0.15) is 44.8 Å². The Balaban J connectivity index is 1.54. The lowest BCUT2D eigenvalue weighted by Crippen LogP contribution is -2.50. The van der Waals surface area contributed by atoms with E-state index in [1.165, 1.54) is 18.4 Å². The van der Waals surface area contributed by atoms with E-state index in [1.54, 1.807) is 4.90 Å². The highest BCUT2D eigenvalue weighted by molar-refractivity contribution is 7.17. The van der Waals surface area contributed by atoms with Gasteiger partial charge in [-0.3, -0.25) is 14.5 Å². The Labute approximate surface area is 179 Å². The number of nitrogens with zero attached hydrogens (tertiary/aromatic N) is 1. The lowest BCUT2D eigenvalue weighted by Gasteiger charge is -2.34. The van der Waals surface area contributed by atoms with Crippen molar-refractivity contribution in [3.05, 3.63) is 51.4 Å². The molecule has 0 saturated carbocycles. The van der Waals surface area contributed by atoms with Crippen LogP contribution in [-0.2, 0) is 40.1 Å². The van der Waals surface area contributed by atoms with Crippen molar-refractivity contribution in [2.24, 2.45) is 5.73 Å². The van der Waals surface area contributed by atoms with Crippen molar-refractivity contribution in [1.29, 1.82) is 0 Å². The maximum absolute atomic E-state index is 12.9. The van der Waals surface area contributed by atoms with Crippen molar-refractivity contribution < 1.29 is 19.1 Å². The van der Waals surface area contributed by atoms with E-state index < -0.39 is 17.9 Å². The summed E-state index contributed by atoms with van der Waals surface area (Å²) in [6.45, 7) is 0.493. The molecule has 2 aromatic rings. The summed E-state index contributed by atoms with van der Waals surface area (Å²) in [7, 11) is 1.35. The third kappa shape index (κ3) is 3.97. The zero-order valence-corrected chi connectivity index (χ0v) is 17.7. The topological polar surface area (TPSA) is 102 Å². The van der Waals surface area contributed by atoms with E-state index in [1.807, 2.05) is 24.3 Å². The van der Waals surface area contributed by atoms with Crippen LogP contribution >= 0.6 is 11.3 Å². The van der Waals surface area contributed by atoms with Crippen molar-refractivity contribution in [3.63, 3.8) is 0 Å². The summed E-state index contributed by atoms with van der Waals surface area (Å²) < 4.78 is 4.97. The molecule has 1 aromatic heterocycles. The second-order valence-corrected chi connectivity index (χ2v) is 8.86. The molecule has 30 heavy (non-hydrogen) atoms. The molecule has 7 nitrogen and oxygen atoms in total. The van der Waals surface area contributed by atoms with Crippen molar-refractivity contribution in [2.45, 2.75) is 44.7 Å². The van der Waals surface area contributed by atoms with Gasteiger partial charge in [-0.25, -0.2) is 4.79 Å². The maximum atomic E-state index is 12.9. The van der Waals surface area contributed by atoms with Crippen LogP contribution in [-0.4, -0.2) is 42.4 Å². The van der Waals surface area contributed by atoms with Gasteiger partial charge in [0.1, 0.15) is 5.00 Å². The lowest BCUT2D eigenvalue weighted by molar-refractivity contribution is -0.125. The number of esters is 1. The third-order valence-corrected chi connectivity index (χ3v) is 7.04. The second kappa shape index (κ2) is 8.57. The summed E-state index contributed by atoms with van der Waals surface area (Å²) in [6, 6.07) is 7.33. The van der Waals surface area contributed by atoms with Crippen LogP contribution in [0, 0.1) is 0 Å². The number of hydrogen-bond acceptors (Lipinski definition) is 6. The van der Waals surface area contributed by atoms with E-state index in [0.29, 0.717) is 23.5 Å². The van der Waals surface area contributed by atoms with Crippen LogP contribution < -0.4 is 11.1 Å². The van der Waals surface area contributed by atoms with Gasteiger partial charge in [0.15, 0.2) is 0 Å². The van der Waals surface area contributed by atoms with Gasteiger partial charge in [-0.15, -0.1) is 11.3 Å². The van der Waals surface area contributed by atoms with Gasteiger partial charge < -0.3 is 15.8 Å². The summed E-state index contributed by atoms with van der Waals surface area (Å²) >= 11 is 1.45. The van der Waals surface area contributed by atoms with Crippen LogP contribution in [0.4, 0.5) is 5.00 Å². The number of rotatable bonds is 5. The summed E-state index contributed by atoms with van der Waals surface area (Å²) in [4.78, 5) is 40.2. The Bertz CT molecular complexity index is 1000. The van der Waals surface area contributed by atoms with Gasteiger partial charge in [0.05, 0.1) is 25.3 Å². The molecule has 1 unspecified atom stereocenters. The highest BCUT2D eigenvalue weighted by atomic mass is 32.1. The number of nitrogens with two attached hydrogens (primary N) is 1. The molecule has 158 valence electrons. The molecule has 1 aliphatic carbocycles. The first-order chi connectivity index (χ1) is 14.5. The fraction of sp³-hybridized carbons (Fsp3) is 0.409. The van der Waals surface area contributed by atoms with E-state index in [4.69, 9.17) is 10.5 Å². The normalized spacial score (nSPS) is 18.2. The number of amides is 2. The minimum Gasteiger partial charge on any atom is -0.465 e. The number of carbonyl (C=O) groups is 3. The summed E-state index contributed by atoms with van der Waals surface area (Å²) in [6.07, 6.45) is 4.31. The average Bonchev–Trinajstić information content (AvgIpc) is 3.10. The second-order valence-electron chi connectivity index (χ2n) is 7.75. The van der Waals surface area contributed by atoms with Gasteiger partial charge >= 0.3 is 5.97 Å². The van der Waals surface area contributed by atoms with Crippen LogP contribution in [0.2, 0.25) is 0 Å². The summed E-state index contributed by atoms with van der Waals surface area (Å²) in [5.74, 6) is -1.14. The molecular formula is C22H25N3O4S. The average molecular weight is 428 g/mol. The number of methoxy groups -OCH3 is 1. The van der Waals surface area contributed by atoms with E-state index in [9.17, 15) is 14.4 Å². The highest BCUT2D eigenvalue weighted by Crippen LogP contribution is 2.38. The fourth-order valence-electron chi connectivity index (χ4n) is 4.35. The Morgan fingerprint density at radius 1 is 1.20 bits per heavy atom. The molecule has 2 aliphatic rings. The van der Waals surface area contributed by atoms with Gasteiger partial charge in [0.2, 0.25) is 11.8 Å². The molecule has 0 radical (unpaired) electrons. The number of primary amides is 1. The van der Waals surface area contributed by atoms with Crippen LogP contribution in [0.5, 0.6) is 0 Å². The van der Waals surface area contributed by atoms with Gasteiger partial charge in [-0.2, -0.15) is 0 Å².